The van der Waals surface area contributed by atoms with Crippen LogP contribution >= 0.6 is 15.9 Å². The van der Waals surface area contributed by atoms with Crippen molar-refractivity contribution in [3.8, 4) is 11.3 Å². The Morgan fingerprint density at radius 2 is 2.00 bits per heavy atom. The number of furan rings is 1. The Morgan fingerprint density at radius 1 is 1.11 bits per heavy atom. The third-order valence-corrected chi connectivity index (χ3v) is 4.11. The van der Waals surface area contributed by atoms with Crippen LogP contribution in [0.15, 0.2) is 45.3 Å². The largest absolute Gasteiger partial charge is 0.459 e. The molecule has 0 unspecified atom stereocenters. The van der Waals surface area contributed by atoms with Crippen LogP contribution in [0, 0.1) is 0 Å². The summed E-state index contributed by atoms with van der Waals surface area (Å²) in [5.74, 6) is 1.99. The molecule has 0 saturated carbocycles. The standard InChI is InChI=1S/C15H16BrNO/c16-12-6-2-1-5-11(12)14-8-9-15(18-14)13-7-3-4-10-17-13/h1-2,5-6,8-9,13,17H,3-4,7,10H2/t13-/m1/s1. The zero-order valence-electron chi connectivity index (χ0n) is 10.2. The van der Waals surface area contributed by atoms with E-state index in [4.69, 9.17) is 4.42 Å². The molecular formula is C15H16BrNO. The topological polar surface area (TPSA) is 25.2 Å². The Bertz CT molecular complexity index is 529. The number of rotatable bonds is 2. The van der Waals surface area contributed by atoms with E-state index in [1.165, 1.54) is 19.3 Å². The molecule has 1 saturated heterocycles. The van der Waals surface area contributed by atoms with Gasteiger partial charge in [0.25, 0.3) is 0 Å². The molecule has 2 nitrogen and oxygen atoms in total. The summed E-state index contributed by atoms with van der Waals surface area (Å²) in [6, 6.07) is 12.7. The lowest BCUT2D eigenvalue weighted by atomic mass is 10.0. The highest BCUT2D eigenvalue weighted by Crippen LogP contribution is 2.32. The van der Waals surface area contributed by atoms with Gasteiger partial charge in [-0.3, -0.25) is 0 Å². The van der Waals surface area contributed by atoms with Crippen molar-refractivity contribution in [2.75, 3.05) is 6.54 Å². The molecule has 0 spiro atoms. The van der Waals surface area contributed by atoms with Crippen LogP contribution in [0.1, 0.15) is 31.1 Å². The summed E-state index contributed by atoms with van der Waals surface area (Å²) >= 11 is 3.56. The quantitative estimate of drug-likeness (QED) is 0.882. The Kier molecular flexibility index (Phi) is 3.52. The van der Waals surface area contributed by atoms with Crippen molar-refractivity contribution in [3.63, 3.8) is 0 Å². The second-order valence-corrected chi connectivity index (χ2v) is 5.54. The third-order valence-electron chi connectivity index (χ3n) is 3.42. The van der Waals surface area contributed by atoms with E-state index in [0.29, 0.717) is 6.04 Å². The van der Waals surface area contributed by atoms with Gasteiger partial charge < -0.3 is 9.73 Å². The Balaban J connectivity index is 1.87. The summed E-state index contributed by atoms with van der Waals surface area (Å²) in [6.45, 7) is 1.09. The average molecular weight is 306 g/mol. The second-order valence-electron chi connectivity index (χ2n) is 4.68. The monoisotopic (exact) mass is 305 g/mol. The van der Waals surface area contributed by atoms with Crippen LogP contribution in [0.2, 0.25) is 0 Å². The summed E-state index contributed by atoms with van der Waals surface area (Å²) in [5, 5.41) is 3.51. The lowest BCUT2D eigenvalue weighted by Gasteiger charge is -2.21. The van der Waals surface area contributed by atoms with Gasteiger partial charge >= 0.3 is 0 Å². The van der Waals surface area contributed by atoms with Gasteiger partial charge in [-0.15, -0.1) is 0 Å². The smallest absolute Gasteiger partial charge is 0.135 e. The maximum atomic E-state index is 6.00. The first-order chi connectivity index (χ1) is 8.84. The summed E-state index contributed by atoms with van der Waals surface area (Å²) in [6.07, 6.45) is 3.72. The predicted molar refractivity (Wildman–Crippen MR) is 76.4 cm³/mol. The molecule has 3 heteroatoms. The molecule has 1 atom stereocenters. The van der Waals surface area contributed by atoms with Crippen molar-refractivity contribution >= 4 is 15.9 Å². The molecule has 1 N–H and O–H groups in total. The average Bonchev–Trinajstić information content (AvgIpc) is 2.90. The van der Waals surface area contributed by atoms with Crippen LogP contribution in [0.4, 0.5) is 0 Å². The minimum absolute atomic E-state index is 0.384. The van der Waals surface area contributed by atoms with E-state index in [9.17, 15) is 0 Å². The zero-order chi connectivity index (χ0) is 12.4. The first kappa shape index (κ1) is 12.0. The zero-order valence-corrected chi connectivity index (χ0v) is 11.7. The van der Waals surface area contributed by atoms with E-state index in [-0.39, 0.29) is 0 Å². The van der Waals surface area contributed by atoms with Gasteiger partial charge in [0.2, 0.25) is 0 Å². The van der Waals surface area contributed by atoms with Crippen molar-refractivity contribution in [2.45, 2.75) is 25.3 Å². The molecule has 18 heavy (non-hydrogen) atoms. The molecule has 2 aromatic rings. The van der Waals surface area contributed by atoms with E-state index < -0.39 is 0 Å². The molecule has 1 aromatic heterocycles. The molecule has 2 heterocycles. The number of hydrogen-bond acceptors (Lipinski definition) is 2. The molecule has 0 bridgehead atoms. The second kappa shape index (κ2) is 5.29. The fraction of sp³-hybridized carbons (Fsp3) is 0.333. The molecule has 1 aromatic carbocycles. The highest BCUT2D eigenvalue weighted by atomic mass is 79.9. The molecular weight excluding hydrogens is 290 g/mol. The van der Waals surface area contributed by atoms with Gasteiger partial charge in [-0.05, 0) is 37.6 Å². The predicted octanol–water partition coefficient (Wildman–Crippen LogP) is 4.52. The normalized spacial score (nSPS) is 19.9. The summed E-state index contributed by atoms with van der Waals surface area (Å²) in [7, 11) is 0. The molecule has 1 fully saturated rings. The third kappa shape index (κ3) is 2.38. The Hall–Kier alpha value is -1.06. The van der Waals surface area contributed by atoms with Crippen molar-refractivity contribution in [2.24, 2.45) is 0 Å². The van der Waals surface area contributed by atoms with Crippen LogP contribution in [-0.4, -0.2) is 6.54 Å². The number of piperidine rings is 1. The van der Waals surface area contributed by atoms with E-state index in [1.807, 2.05) is 18.2 Å². The van der Waals surface area contributed by atoms with Gasteiger partial charge in [-0.2, -0.15) is 0 Å². The van der Waals surface area contributed by atoms with Crippen LogP contribution in [0.3, 0.4) is 0 Å². The molecule has 0 aliphatic carbocycles. The SMILES string of the molecule is Brc1ccccc1-c1ccc([C@H]2CCCCN2)o1. The number of benzene rings is 1. The fourth-order valence-corrected chi connectivity index (χ4v) is 2.92. The van der Waals surface area contributed by atoms with Gasteiger partial charge in [0.1, 0.15) is 11.5 Å². The highest BCUT2D eigenvalue weighted by Gasteiger charge is 2.18. The Morgan fingerprint density at radius 3 is 2.78 bits per heavy atom. The molecule has 0 amide bonds. The van der Waals surface area contributed by atoms with E-state index in [0.717, 1.165) is 28.1 Å². The molecule has 1 aliphatic heterocycles. The van der Waals surface area contributed by atoms with Crippen molar-refractivity contribution < 1.29 is 4.42 Å². The minimum atomic E-state index is 0.384. The van der Waals surface area contributed by atoms with Gasteiger partial charge in [-0.25, -0.2) is 0 Å². The van der Waals surface area contributed by atoms with E-state index >= 15 is 0 Å². The highest BCUT2D eigenvalue weighted by molar-refractivity contribution is 9.10. The van der Waals surface area contributed by atoms with E-state index in [2.05, 4.69) is 39.4 Å². The molecule has 1 aliphatic rings. The van der Waals surface area contributed by atoms with Gasteiger partial charge in [-0.1, -0.05) is 40.5 Å². The molecule has 94 valence electrons. The first-order valence-corrected chi connectivity index (χ1v) is 7.22. The van der Waals surface area contributed by atoms with Crippen molar-refractivity contribution in [3.05, 3.63) is 46.6 Å². The lowest BCUT2D eigenvalue weighted by molar-refractivity contribution is 0.353. The summed E-state index contributed by atoms with van der Waals surface area (Å²) in [5.41, 5.74) is 1.11. The van der Waals surface area contributed by atoms with Crippen LogP contribution in [0.25, 0.3) is 11.3 Å². The van der Waals surface area contributed by atoms with Gasteiger partial charge in [0.05, 0.1) is 6.04 Å². The number of hydrogen-bond donors (Lipinski definition) is 1. The first-order valence-electron chi connectivity index (χ1n) is 6.42. The van der Waals surface area contributed by atoms with Gasteiger partial charge in [0.15, 0.2) is 0 Å². The fourth-order valence-electron chi connectivity index (χ4n) is 2.44. The van der Waals surface area contributed by atoms with Gasteiger partial charge in [0, 0.05) is 10.0 Å². The lowest BCUT2D eigenvalue weighted by Crippen LogP contribution is -2.26. The van der Waals surface area contributed by atoms with E-state index in [1.54, 1.807) is 0 Å². The minimum Gasteiger partial charge on any atom is -0.459 e. The summed E-state index contributed by atoms with van der Waals surface area (Å²) in [4.78, 5) is 0. The number of nitrogens with one attached hydrogen (secondary N) is 1. The maximum absolute atomic E-state index is 6.00. The molecule has 0 radical (unpaired) electrons. The van der Waals surface area contributed by atoms with Crippen LogP contribution in [-0.2, 0) is 0 Å². The van der Waals surface area contributed by atoms with Crippen molar-refractivity contribution in [1.29, 1.82) is 0 Å². The molecule has 3 rings (SSSR count). The van der Waals surface area contributed by atoms with Crippen LogP contribution < -0.4 is 5.32 Å². The Labute approximate surface area is 116 Å². The van der Waals surface area contributed by atoms with Crippen LogP contribution in [0.5, 0.6) is 0 Å². The van der Waals surface area contributed by atoms with Crippen molar-refractivity contribution in [1.82, 2.24) is 5.32 Å². The number of halogens is 1. The summed E-state index contributed by atoms with van der Waals surface area (Å²) < 4.78 is 7.07. The maximum Gasteiger partial charge on any atom is 0.135 e.